The Bertz CT molecular complexity index is 505. The largest absolute Gasteiger partial charge is 0.481 e. The van der Waals surface area contributed by atoms with Crippen LogP contribution in [0.15, 0.2) is 0 Å². The Hall–Kier alpha value is -2.32. The van der Waals surface area contributed by atoms with E-state index in [1.165, 1.54) is 6.42 Å². The van der Waals surface area contributed by atoms with Crippen LogP contribution in [0.1, 0.15) is 70.6 Å². The zero-order valence-corrected chi connectivity index (χ0v) is 15.7. The van der Waals surface area contributed by atoms with Gasteiger partial charge in [-0.05, 0) is 32.1 Å². The summed E-state index contributed by atoms with van der Waals surface area (Å²) in [5.41, 5.74) is 0. The molecule has 1 aliphatic rings. The van der Waals surface area contributed by atoms with E-state index in [9.17, 15) is 19.2 Å². The number of hydrogen-bond donors (Lipinski definition) is 5. The summed E-state index contributed by atoms with van der Waals surface area (Å²) in [6.45, 7) is 0.524. The number of carboxylic acid groups (broad SMARTS) is 2. The van der Waals surface area contributed by atoms with Crippen molar-refractivity contribution in [1.29, 1.82) is 0 Å². The molecule has 0 bridgehead atoms. The molecule has 1 atom stereocenters. The minimum atomic E-state index is -1.24. The van der Waals surface area contributed by atoms with Crippen molar-refractivity contribution in [3.63, 3.8) is 0 Å². The first kappa shape index (κ1) is 22.7. The van der Waals surface area contributed by atoms with Gasteiger partial charge in [0.15, 0.2) is 0 Å². The van der Waals surface area contributed by atoms with Gasteiger partial charge in [0.25, 0.3) is 0 Å². The van der Waals surface area contributed by atoms with Crippen molar-refractivity contribution < 1.29 is 29.4 Å². The summed E-state index contributed by atoms with van der Waals surface area (Å²) >= 11 is 0. The van der Waals surface area contributed by atoms with Crippen molar-refractivity contribution >= 4 is 23.9 Å². The molecule has 27 heavy (non-hydrogen) atoms. The van der Waals surface area contributed by atoms with Crippen molar-refractivity contribution in [3.05, 3.63) is 0 Å². The summed E-state index contributed by atoms with van der Waals surface area (Å²) in [6, 6.07) is -1.06. The Morgan fingerprint density at radius 2 is 1.63 bits per heavy atom. The fraction of sp³-hybridized carbons (Fsp3) is 0.778. The van der Waals surface area contributed by atoms with E-state index in [2.05, 4.69) is 16.0 Å². The zero-order chi connectivity index (χ0) is 20.1. The minimum absolute atomic E-state index is 0.142. The fourth-order valence-electron chi connectivity index (χ4n) is 3.06. The lowest BCUT2D eigenvalue weighted by molar-refractivity contribution is -0.143. The van der Waals surface area contributed by atoms with Crippen LogP contribution >= 0.6 is 0 Å². The van der Waals surface area contributed by atoms with Crippen molar-refractivity contribution in [1.82, 2.24) is 16.0 Å². The second-order valence-electron chi connectivity index (χ2n) is 6.94. The molecule has 1 aliphatic carbocycles. The Morgan fingerprint density at radius 1 is 0.926 bits per heavy atom. The predicted molar refractivity (Wildman–Crippen MR) is 98.3 cm³/mol. The number of nitrogens with one attached hydrogen (secondary N) is 3. The first-order chi connectivity index (χ1) is 12.9. The van der Waals surface area contributed by atoms with Crippen molar-refractivity contribution in [2.75, 3.05) is 6.54 Å². The van der Waals surface area contributed by atoms with E-state index < -0.39 is 23.9 Å². The lowest BCUT2D eigenvalue weighted by Crippen LogP contribution is -2.43. The zero-order valence-electron chi connectivity index (χ0n) is 15.7. The van der Waals surface area contributed by atoms with Crippen molar-refractivity contribution in [2.24, 2.45) is 0 Å². The number of carbonyl (C=O) groups excluding carboxylic acids is 2. The summed E-state index contributed by atoms with van der Waals surface area (Å²) in [5.74, 6) is -2.75. The van der Waals surface area contributed by atoms with E-state index in [-0.39, 0.29) is 31.3 Å². The first-order valence-electron chi connectivity index (χ1n) is 9.67. The third-order valence-electron chi connectivity index (χ3n) is 4.59. The molecule has 0 aliphatic heterocycles. The molecule has 5 N–H and O–H groups in total. The summed E-state index contributed by atoms with van der Waals surface area (Å²) in [5, 5.41) is 25.7. The standard InChI is InChI=1S/C18H31N3O6/c22-15(21-14(17(25)26)10-11-16(23)24)9-5-2-6-12-19-18(27)20-13-7-3-1-4-8-13/h13-14H,1-12H2,(H,21,22)(H,23,24)(H,25,26)(H2,19,20,27)/t14-/m0/s1. The van der Waals surface area contributed by atoms with Crippen LogP contribution in [0.4, 0.5) is 4.79 Å². The number of carboxylic acids is 2. The Balaban J connectivity index is 2.07. The number of hydrogen-bond acceptors (Lipinski definition) is 4. The van der Waals surface area contributed by atoms with Crippen LogP contribution < -0.4 is 16.0 Å². The van der Waals surface area contributed by atoms with Gasteiger partial charge in [0, 0.05) is 25.4 Å². The maximum absolute atomic E-state index is 11.8. The summed E-state index contributed by atoms with van der Waals surface area (Å²) in [6.07, 6.45) is 7.37. The molecule has 0 spiro atoms. The SMILES string of the molecule is O=C(O)CC[C@H](NC(=O)CCCCCNC(=O)NC1CCCCC1)C(=O)O. The van der Waals surface area contributed by atoms with Gasteiger partial charge in [-0.1, -0.05) is 25.7 Å². The fourth-order valence-corrected chi connectivity index (χ4v) is 3.06. The molecular formula is C18H31N3O6. The van der Waals surface area contributed by atoms with E-state index in [1.54, 1.807) is 0 Å². The summed E-state index contributed by atoms with van der Waals surface area (Å²) < 4.78 is 0. The lowest BCUT2D eigenvalue weighted by Gasteiger charge is -2.22. The molecule has 9 nitrogen and oxygen atoms in total. The molecule has 1 rings (SSSR count). The maximum atomic E-state index is 11.8. The smallest absolute Gasteiger partial charge is 0.326 e. The topological polar surface area (TPSA) is 145 Å². The second-order valence-corrected chi connectivity index (χ2v) is 6.94. The molecule has 0 aromatic heterocycles. The molecule has 3 amide bonds. The third-order valence-corrected chi connectivity index (χ3v) is 4.59. The highest BCUT2D eigenvalue weighted by Crippen LogP contribution is 2.17. The molecule has 0 aromatic rings. The molecule has 0 aromatic carbocycles. The molecule has 0 unspecified atom stereocenters. The molecule has 0 saturated heterocycles. The number of unbranched alkanes of at least 4 members (excludes halogenated alkanes) is 2. The van der Waals surface area contributed by atoms with Gasteiger partial charge in [0.05, 0.1) is 0 Å². The summed E-state index contributed by atoms with van der Waals surface area (Å²) in [7, 11) is 0. The van der Waals surface area contributed by atoms with Crippen LogP contribution in [0.25, 0.3) is 0 Å². The maximum Gasteiger partial charge on any atom is 0.326 e. The van der Waals surface area contributed by atoms with Gasteiger partial charge in [0.2, 0.25) is 5.91 Å². The number of carbonyl (C=O) groups is 4. The van der Waals surface area contributed by atoms with Gasteiger partial charge in [-0.2, -0.15) is 0 Å². The second kappa shape index (κ2) is 12.9. The van der Waals surface area contributed by atoms with Crippen molar-refractivity contribution in [2.45, 2.75) is 82.7 Å². The van der Waals surface area contributed by atoms with Crippen LogP contribution in [0.2, 0.25) is 0 Å². The average Bonchev–Trinajstić information content (AvgIpc) is 2.62. The highest BCUT2D eigenvalue weighted by atomic mass is 16.4. The van der Waals surface area contributed by atoms with Gasteiger partial charge >= 0.3 is 18.0 Å². The van der Waals surface area contributed by atoms with Gasteiger partial charge in [-0.15, -0.1) is 0 Å². The highest BCUT2D eigenvalue weighted by molar-refractivity contribution is 5.83. The third kappa shape index (κ3) is 11.1. The monoisotopic (exact) mass is 385 g/mol. The van der Waals surface area contributed by atoms with Crippen LogP contribution in [0, 0.1) is 0 Å². The molecule has 1 saturated carbocycles. The number of rotatable bonds is 12. The quantitative estimate of drug-likeness (QED) is 0.323. The Morgan fingerprint density at radius 3 is 2.26 bits per heavy atom. The van der Waals surface area contributed by atoms with E-state index in [1.807, 2.05) is 0 Å². The first-order valence-corrected chi connectivity index (χ1v) is 9.67. The summed E-state index contributed by atoms with van der Waals surface area (Å²) in [4.78, 5) is 45.0. The van der Waals surface area contributed by atoms with Crippen LogP contribution in [0.3, 0.4) is 0 Å². The van der Waals surface area contributed by atoms with Gasteiger partial charge < -0.3 is 26.2 Å². The minimum Gasteiger partial charge on any atom is -0.481 e. The number of aliphatic carboxylic acids is 2. The average molecular weight is 385 g/mol. The molecule has 0 heterocycles. The van der Waals surface area contributed by atoms with Gasteiger partial charge in [0.1, 0.15) is 6.04 Å². The van der Waals surface area contributed by atoms with E-state index >= 15 is 0 Å². The highest BCUT2D eigenvalue weighted by Gasteiger charge is 2.20. The molecule has 1 fully saturated rings. The van der Waals surface area contributed by atoms with Crippen LogP contribution in [-0.2, 0) is 14.4 Å². The van der Waals surface area contributed by atoms with Crippen molar-refractivity contribution in [3.8, 4) is 0 Å². The Kier molecular flexibility index (Phi) is 10.9. The van der Waals surface area contributed by atoms with Crippen LogP contribution in [0.5, 0.6) is 0 Å². The van der Waals surface area contributed by atoms with Gasteiger partial charge in [-0.25, -0.2) is 9.59 Å². The number of amides is 3. The lowest BCUT2D eigenvalue weighted by atomic mass is 9.96. The normalized spacial score (nSPS) is 15.6. The van der Waals surface area contributed by atoms with E-state index in [4.69, 9.17) is 10.2 Å². The molecule has 0 radical (unpaired) electrons. The number of urea groups is 1. The molecular weight excluding hydrogens is 354 g/mol. The van der Waals surface area contributed by atoms with Crippen LogP contribution in [-0.4, -0.2) is 52.7 Å². The Labute approximate surface area is 159 Å². The van der Waals surface area contributed by atoms with E-state index in [0.717, 1.165) is 38.5 Å². The van der Waals surface area contributed by atoms with E-state index in [0.29, 0.717) is 13.0 Å². The predicted octanol–water partition coefficient (Wildman–Crippen LogP) is 1.61. The molecule has 154 valence electrons. The molecule has 9 heteroatoms. The van der Waals surface area contributed by atoms with Gasteiger partial charge in [-0.3, -0.25) is 9.59 Å².